The van der Waals surface area contributed by atoms with Crippen molar-refractivity contribution in [3.05, 3.63) is 11.9 Å². The van der Waals surface area contributed by atoms with Gasteiger partial charge < -0.3 is 14.7 Å². The van der Waals surface area contributed by atoms with Crippen LogP contribution in [0.4, 0.5) is 5.82 Å². The summed E-state index contributed by atoms with van der Waals surface area (Å²) in [7, 11) is 0. The molecule has 6 nitrogen and oxygen atoms in total. The number of hydrogen-bond acceptors (Lipinski definition) is 5. The van der Waals surface area contributed by atoms with Gasteiger partial charge in [-0.2, -0.15) is 0 Å². The van der Waals surface area contributed by atoms with Gasteiger partial charge in [0, 0.05) is 19.5 Å². The normalized spacial score (nSPS) is 18.6. The topological polar surface area (TPSA) is 75.6 Å². The number of carbonyl (C=O) groups is 1. The van der Waals surface area contributed by atoms with Gasteiger partial charge in [-0.15, -0.1) is 0 Å². The van der Waals surface area contributed by atoms with Gasteiger partial charge in [0.25, 0.3) is 0 Å². The first kappa shape index (κ1) is 15.5. The van der Waals surface area contributed by atoms with Crippen LogP contribution in [0.25, 0.3) is 0 Å². The number of ether oxygens (including phenoxy) is 1. The van der Waals surface area contributed by atoms with Gasteiger partial charge in [-0.1, -0.05) is 0 Å². The Labute approximate surface area is 125 Å². The van der Waals surface area contributed by atoms with E-state index in [1.807, 2.05) is 13.8 Å². The molecule has 0 radical (unpaired) electrons. The first-order valence-electron chi connectivity index (χ1n) is 7.53. The zero-order valence-electron chi connectivity index (χ0n) is 12.7. The van der Waals surface area contributed by atoms with Crippen LogP contribution in [-0.2, 0) is 4.79 Å². The molecular weight excluding hydrogens is 270 g/mol. The SMILES string of the molecule is CCOc1ncnc(N2CCCC(CCC(=O)O)C2)c1C. The third kappa shape index (κ3) is 4.06. The number of carboxylic acids is 1. The van der Waals surface area contributed by atoms with E-state index in [4.69, 9.17) is 9.84 Å². The zero-order chi connectivity index (χ0) is 15.2. The lowest BCUT2D eigenvalue weighted by molar-refractivity contribution is -0.137. The summed E-state index contributed by atoms with van der Waals surface area (Å²) in [4.78, 5) is 21.5. The van der Waals surface area contributed by atoms with Crippen molar-refractivity contribution in [1.82, 2.24) is 9.97 Å². The number of piperidine rings is 1. The second-order valence-electron chi connectivity index (χ2n) is 5.45. The third-order valence-corrected chi connectivity index (χ3v) is 3.88. The minimum Gasteiger partial charge on any atom is -0.481 e. The van der Waals surface area contributed by atoms with Crippen molar-refractivity contribution in [2.24, 2.45) is 5.92 Å². The van der Waals surface area contributed by atoms with E-state index in [2.05, 4.69) is 14.9 Å². The summed E-state index contributed by atoms with van der Waals surface area (Å²) in [6.45, 7) is 6.30. The highest BCUT2D eigenvalue weighted by Gasteiger charge is 2.23. The number of hydrogen-bond donors (Lipinski definition) is 1. The molecule has 116 valence electrons. The number of carboxylic acid groups (broad SMARTS) is 1. The summed E-state index contributed by atoms with van der Waals surface area (Å²) in [6.07, 6.45) is 4.66. The number of anilines is 1. The van der Waals surface area contributed by atoms with E-state index >= 15 is 0 Å². The van der Waals surface area contributed by atoms with Crippen molar-refractivity contribution in [2.45, 2.75) is 39.5 Å². The van der Waals surface area contributed by atoms with Crippen LogP contribution in [0.3, 0.4) is 0 Å². The molecule has 1 unspecified atom stereocenters. The lowest BCUT2D eigenvalue weighted by Gasteiger charge is -2.34. The zero-order valence-corrected chi connectivity index (χ0v) is 12.7. The molecule has 1 aromatic heterocycles. The lowest BCUT2D eigenvalue weighted by Crippen LogP contribution is -2.36. The van der Waals surface area contributed by atoms with Crippen molar-refractivity contribution in [3.8, 4) is 5.88 Å². The van der Waals surface area contributed by atoms with E-state index < -0.39 is 5.97 Å². The highest BCUT2D eigenvalue weighted by molar-refractivity contribution is 5.66. The number of rotatable bonds is 6. The van der Waals surface area contributed by atoms with Gasteiger partial charge >= 0.3 is 5.97 Å². The van der Waals surface area contributed by atoms with Gasteiger partial charge in [0.15, 0.2) is 0 Å². The van der Waals surface area contributed by atoms with Crippen LogP contribution >= 0.6 is 0 Å². The molecule has 2 rings (SSSR count). The van der Waals surface area contributed by atoms with Crippen LogP contribution in [0.5, 0.6) is 5.88 Å². The summed E-state index contributed by atoms with van der Waals surface area (Å²) < 4.78 is 5.52. The Morgan fingerprint density at radius 2 is 2.33 bits per heavy atom. The summed E-state index contributed by atoms with van der Waals surface area (Å²) in [5.74, 6) is 1.24. The maximum atomic E-state index is 10.7. The molecule has 0 aromatic carbocycles. The maximum absolute atomic E-state index is 10.7. The smallest absolute Gasteiger partial charge is 0.303 e. The van der Waals surface area contributed by atoms with Gasteiger partial charge in [-0.05, 0) is 39.0 Å². The average molecular weight is 293 g/mol. The van der Waals surface area contributed by atoms with Gasteiger partial charge in [-0.3, -0.25) is 4.79 Å². The molecule has 1 aliphatic rings. The van der Waals surface area contributed by atoms with E-state index in [9.17, 15) is 4.79 Å². The Morgan fingerprint density at radius 1 is 1.52 bits per heavy atom. The minimum absolute atomic E-state index is 0.242. The summed E-state index contributed by atoms with van der Waals surface area (Å²) >= 11 is 0. The standard InChI is InChI=1S/C15H23N3O3/c1-3-21-15-11(2)14(16-10-17-15)18-8-4-5-12(9-18)6-7-13(19)20/h10,12H,3-9H2,1-2H3,(H,19,20). The second-order valence-corrected chi connectivity index (χ2v) is 5.45. The van der Waals surface area contributed by atoms with Crippen LogP contribution in [-0.4, -0.2) is 40.7 Å². The monoisotopic (exact) mass is 293 g/mol. The number of aromatic nitrogens is 2. The molecule has 1 saturated heterocycles. The van der Waals surface area contributed by atoms with Crippen LogP contribution in [0.1, 0.15) is 38.2 Å². The highest BCUT2D eigenvalue weighted by atomic mass is 16.5. The molecule has 0 amide bonds. The molecular formula is C15H23N3O3. The minimum atomic E-state index is -0.719. The molecule has 1 fully saturated rings. The molecule has 1 atom stereocenters. The third-order valence-electron chi connectivity index (χ3n) is 3.88. The van der Waals surface area contributed by atoms with Gasteiger partial charge in [0.2, 0.25) is 5.88 Å². The summed E-state index contributed by atoms with van der Waals surface area (Å²) in [6, 6.07) is 0. The molecule has 21 heavy (non-hydrogen) atoms. The van der Waals surface area contributed by atoms with E-state index in [-0.39, 0.29) is 6.42 Å². The first-order valence-corrected chi connectivity index (χ1v) is 7.53. The van der Waals surface area contributed by atoms with E-state index in [0.29, 0.717) is 18.4 Å². The molecule has 0 saturated carbocycles. The molecule has 0 spiro atoms. The van der Waals surface area contributed by atoms with Gasteiger partial charge in [0.1, 0.15) is 12.1 Å². The summed E-state index contributed by atoms with van der Waals surface area (Å²) in [5.41, 5.74) is 0.957. The Hall–Kier alpha value is -1.85. The number of aliphatic carboxylic acids is 1. The molecule has 0 bridgehead atoms. The van der Waals surface area contributed by atoms with E-state index in [1.54, 1.807) is 0 Å². The second kappa shape index (κ2) is 7.24. The van der Waals surface area contributed by atoms with Crippen LogP contribution in [0.15, 0.2) is 6.33 Å². The molecule has 2 heterocycles. The Bertz CT molecular complexity index is 493. The highest BCUT2D eigenvalue weighted by Crippen LogP contribution is 2.29. The van der Waals surface area contributed by atoms with Crippen molar-refractivity contribution in [3.63, 3.8) is 0 Å². The fourth-order valence-electron chi connectivity index (χ4n) is 2.85. The fourth-order valence-corrected chi connectivity index (χ4v) is 2.85. The number of nitrogens with zero attached hydrogens (tertiary/aromatic N) is 3. The molecule has 1 aromatic rings. The molecule has 6 heteroatoms. The van der Waals surface area contributed by atoms with Crippen LogP contribution in [0, 0.1) is 12.8 Å². The van der Waals surface area contributed by atoms with Gasteiger partial charge in [-0.25, -0.2) is 9.97 Å². The molecule has 0 aliphatic carbocycles. The van der Waals surface area contributed by atoms with Gasteiger partial charge in [0.05, 0.1) is 12.2 Å². The predicted molar refractivity (Wildman–Crippen MR) is 79.7 cm³/mol. The fraction of sp³-hybridized carbons (Fsp3) is 0.667. The van der Waals surface area contributed by atoms with E-state index in [1.165, 1.54) is 6.33 Å². The Kier molecular flexibility index (Phi) is 5.36. The first-order chi connectivity index (χ1) is 10.1. The Balaban J connectivity index is 2.07. The lowest BCUT2D eigenvalue weighted by atomic mass is 9.93. The average Bonchev–Trinajstić information content (AvgIpc) is 2.48. The Morgan fingerprint density at radius 3 is 3.05 bits per heavy atom. The summed E-state index contributed by atoms with van der Waals surface area (Å²) in [5, 5.41) is 8.82. The van der Waals surface area contributed by atoms with Crippen molar-refractivity contribution >= 4 is 11.8 Å². The van der Waals surface area contributed by atoms with Crippen molar-refractivity contribution in [2.75, 3.05) is 24.6 Å². The van der Waals surface area contributed by atoms with E-state index in [0.717, 1.165) is 43.7 Å². The predicted octanol–water partition coefficient (Wildman–Crippen LogP) is 2.26. The quantitative estimate of drug-likeness (QED) is 0.867. The van der Waals surface area contributed by atoms with Crippen LogP contribution < -0.4 is 9.64 Å². The van der Waals surface area contributed by atoms with Crippen molar-refractivity contribution in [1.29, 1.82) is 0 Å². The van der Waals surface area contributed by atoms with Crippen LogP contribution in [0.2, 0.25) is 0 Å². The maximum Gasteiger partial charge on any atom is 0.303 e. The molecule has 1 aliphatic heterocycles. The van der Waals surface area contributed by atoms with Crippen molar-refractivity contribution < 1.29 is 14.6 Å². The largest absolute Gasteiger partial charge is 0.481 e. The molecule has 1 N–H and O–H groups in total.